The van der Waals surface area contributed by atoms with E-state index in [1.54, 1.807) is 34.4 Å². The van der Waals surface area contributed by atoms with Crippen molar-refractivity contribution < 1.29 is 13.7 Å². The second-order valence-corrected chi connectivity index (χ2v) is 6.72. The Kier molecular flexibility index (Phi) is 3.86. The van der Waals surface area contributed by atoms with Gasteiger partial charge in [0.2, 0.25) is 5.91 Å². The fourth-order valence-electron chi connectivity index (χ4n) is 2.83. The molecule has 3 aromatic rings. The second-order valence-electron chi connectivity index (χ2n) is 5.69. The molecule has 1 atom stereocenters. The Hall–Kier alpha value is -2.54. The summed E-state index contributed by atoms with van der Waals surface area (Å²) < 4.78 is 19.0. The molecule has 7 heteroatoms. The summed E-state index contributed by atoms with van der Waals surface area (Å²) in [4.78, 5) is 19.4. The number of nitrogens with zero attached hydrogens (tertiary/aromatic N) is 3. The molecule has 5 nitrogen and oxygen atoms in total. The molecule has 1 aliphatic heterocycles. The first-order chi connectivity index (χ1) is 11.7. The van der Waals surface area contributed by atoms with Gasteiger partial charge in [0.1, 0.15) is 5.82 Å². The largest absolute Gasteiger partial charge is 0.337 e. The lowest BCUT2D eigenvalue weighted by atomic mass is 10.1. The molecule has 122 valence electrons. The van der Waals surface area contributed by atoms with Crippen LogP contribution in [0.25, 0.3) is 11.5 Å². The molecule has 1 saturated heterocycles. The normalized spacial score (nSPS) is 17.6. The average Bonchev–Trinajstić information content (AvgIpc) is 3.30. The van der Waals surface area contributed by atoms with Gasteiger partial charge in [-0.15, -0.1) is 11.3 Å². The van der Waals surface area contributed by atoms with Crippen molar-refractivity contribution in [2.45, 2.75) is 18.9 Å². The number of thiophene rings is 1. The SMILES string of the molecule is O=C1C[C@@H](c2noc(-c3ccccc3F)n2)CN1Cc1cccs1. The maximum Gasteiger partial charge on any atom is 0.260 e. The van der Waals surface area contributed by atoms with Crippen LogP contribution < -0.4 is 0 Å². The van der Waals surface area contributed by atoms with Crippen LogP contribution >= 0.6 is 11.3 Å². The van der Waals surface area contributed by atoms with Crippen molar-refractivity contribution in [3.63, 3.8) is 0 Å². The van der Waals surface area contributed by atoms with Gasteiger partial charge in [0, 0.05) is 23.8 Å². The van der Waals surface area contributed by atoms with E-state index >= 15 is 0 Å². The highest BCUT2D eigenvalue weighted by Crippen LogP contribution is 2.30. The molecule has 0 aliphatic carbocycles. The van der Waals surface area contributed by atoms with Gasteiger partial charge in [-0.2, -0.15) is 4.98 Å². The van der Waals surface area contributed by atoms with Crippen LogP contribution in [0.3, 0.4) is 0 Å². The molecule has 2 aromatic heterocycles. The van der Waals surface area contributed by atoms with Crippen LogP contribution in [0.2, 0.25) is 0 Å². The first kappa shape index (κ1) is 15.0. The van der Waals surface area contributed by atoms with Gasteiger partial charge in [-0.1, -0.05) is 23.4 Å². The van der Waals surface area contributed by atoms with Crippen molar-refractivity contribution in [3.8, 4) is 11.5 Å². The average molecular weight is 343 g/mol. The predicted molar refractivity (Wildman–Crippen MR) is 86.8 cm³/mol. The van der Waals surface area contributed by atoms with Crippen LogP contribution in [0.1, 0.15) is 23.0 Å². The van der Waals surface area contributed by atoms with Gasteiger partial charge in [0.05, 0.1) is 12.1 Å². The highest BCUT2D eigenvalue weighted by Gasteiger charge is 2.34. The highest BCUT2D eigenvalue weighted by molar-refractivity contribution is 7.09. The van der Waals surface area contributed by atoms with Crippen molar-refractivity contribution >= 4 is 17.2 Å². The summed E-state index contributed by atoms with van der Waals surface area (Å²) >= 11 is 1.63. The molecule has 4 rings (SSSR count). The third kappa shape index (κ3) is 2.82. The van der Waals surface area contributed by atoms with Gasteiger partial charge < -0.3 is 9.42 Å². The number of likely N-dealkylation sites (tertiary alicyclic amines) is 1. The number of amides is 1. The van der Waals surface area contributed by atoms with E-state index in [9.17, 15) is 9.18 Å². The Balaban J connectivity index is 1.51. The number of hydrogen-bond donors (Lipinski definition) is 0. The molecule has 0 unspecified atom stereocenters. The summed E-state index contributed by atoms with van der Waals surface area (Å²) in [7, 11) is 0. The molecule has 1 aliphatic rings. The number of carbonyl (C=O) groups excluding carboxylic acids is 1. The Labute approximate surface area is 141 Å². The summed E-state index contributed by atoms with van der Waals surface area (Å²) in [6.07, 6.45) is 0.349. The molecule has 0 N–H and O–H groups in total. The number of aromatic nitrogens is 2. The van der Waals surface area contributed by atoms with E-state index in [1.165, 1.54) is 6.07 Å². The summed E-state index contributed by atoms with van der Waals surface area (Å²) in [6, 6.07) is 10.2. The van der Waals surface area contributed by atoms with Crippen LogP contribution in [-0.4, -0.2) is 27.5 Å². The zero-order valence-corrected chi connectivity index (χ0v) is 13.5. The minimum Gasteiger partial charge on any atom is -0.337 e. The summed E-state index contributed by atoms with van der Waals surface area (Å²) in [5.41, 5.74) is 0.274. The molecular formula is C17H14FN3O2S. The minimum atomic E-state index is -0.408. The van der Waals surface area contributed by atoms with Crippen LogP contribution in [0, 0.1) is 5.82 Å². The minimum absolute atomic E-state index is 0.0747. The molecule has 1 fully saturated rings. The maximum absolute atomic E-state index is 13.8. The van der Waals surface area contributed by atoms with Crippen molar-refractivity contribution in [3.05, 3.63) is 58.3 Å². The Morgan fingerprint density at radius 2 is 2.17 bits per heavy atom. The van der Waals surface area contributed by atoms with Gasteiger partial charge in [-0.25, -0.2) is 4.39 Å². The number of benzene rings is 1. The van der Waals surface area contributed by atoms with Crippen molar-refractivity contribution in [1.82, 2.24) is 15.0 Å². The number of halogens is 1. The summed E-state index contributed by atoms with van der Waals surface area (Å²) in [5, 5.41) is 5.95. The molecule has 0 saturated carbocycles. The van der Waals surface area contributed by atoms with Crippen molar-refractivity contribution in [2.75, 3.05) is 6.54 Å². The molecular weight excluding hydrogens is 329 g/mol. The van der Waals surface area contributed by atoms with Crippen LogP contribution in [-0.2, 0) is 11.3 Å². The Bertz CT molecular complexity index is 862. The lowest BCUT2D eigenvalue weighted by molar-refractivity contribution is -0.128. The molecule has 1 aromatic carbocycles. The summed E-state index contributed by atoms with van der Waals surface area (Å²) in [6.45, 7) is 1.15. The zero-order valence-electron chi connectivity index (χ0n) is 12.7. The maximum atomic E-state index is 13.8. The monoisotopic (exact) mass is 343 g/mol. The van der Waals surface area contributed by atoms with Gasteiger partial charge in [0.25, 0.3) is 5.89 Å². The molecule has 24 heavy (non-hydrogen) atoms. The first-order valence-corrected chi connectivity index (χ1v) is 8.47. The third-order valence-corrected chi connectivity index (χ3v) is 4.91. The van der Waals surface area contributed by atoms with E-state index in [2.05, 4.69) is 10.1 Å². The van der Waals surface area contributed by atoms with E-state index in [0.717, 1.165) is 4.88 Å². The zero-order chi connectivity index (χ0) is 16.5. The van der Waals surface area contributed by atoms with Gasteiger partial charge in [-0.3, -0.25) is 4.79 Å². The van der Waals surface area contributed by atoms with E-state index in [4.69, 9.17) is 4.52 Å². The van der Waals surface area contributed by atoms with Gasteiger partial charge in [-0.05, 0) is 23.6 Å². The molecule has 0 radical (unpaired) electrons. The standard InChI is InChI=1S/C17H14FN3O2S/c18-14-6-2-1-5-13(14)17-19-16(20-23-17)11-8-15(22)21(9-11)10-12-4-3-7-24-12/h1-7,11H,8-10H2/t11-/m1/s1. The quantitative estimate of drug-likeness (QED) is 0.728. The Morgan fingerprint density at radius 1 is 1.29 bits per heavy atom. The number of rotatable bonds is 4. The predicted octanol–water partition coefficient (Wildman–Crippen LogP) is 3.45. The van der Waals surface area contributed by atoms with Crippen LogP contribution in [0.15, 0.2) is 46.3 Å². The number of carbonyl (C=O) groups is 1. The fourth-order valence-corrected chi connectivity index (χ4v) is 3.55. The highest BCUT2D eigenvalue weighted by atomic mass is 32.1. The topological polar surface area (TPSA) is 59.2 Å². The fraction of sp³-hybridized carbons (Fsp3) is 0.235. The first-order valence-electron chi connectivity index (χ1n) is 7.59. The van der Waals surface area contributed by atoms with E-state index in [0.29, 0.717) is 25.3 Å². The third-order valence-electron chi connectivity index (χ3n) is 4.05. The van der Waals surface area contributed by atoms with E-state index in [1.807, 2.05) is 17.5 Å². The van der Waals surface area contributed by atoms with E-state index in [-0.39, 0.29) is 23.3 Å². The summed E-state index contributed by atoms with van der Waals surface area (Å²) in [5.74, 6) is 0.143. The van der Waals surface area contributed by atoms with Crippen molar-refractivity contribution in [2.24, 2.45) is 0 Å². The lowest BCUT2D eigenvalue weighted by Gasteiger charge is -2.14. The van der Waals surface area contributed by atoms with Gasteiger partial charge >= 0.3 is 0 Å². The lowest BCUT2D eigenvalue weighted by Crippen LogP contribution is -2.23. The molecule has 1 amide bonds. The smallest absolute Gasteiger partial charge is 0.260 e. The van der Waals surface area contributed by atoms with Gasteiger partial charge in [0.15, 0.2) is 5.82 Å². The Morgan fingerprint density at radius 3 is 2.96 bits per heavy atom. The second kappa shape index (κ2) is 6.16. The van der Waals surface area contributed by atoms with Crippen LogP contribution in [0.5, 0.6) is 0 Å². The van der Waals surface area contributed by atoms with Crippen molar-refractivity contribution in [1.29, 1.82) is 0 Å². The molecule has 3 heterocycles. The molecule has 0 bridgehead atoms. The van der Waals surface area contributed by atoms with E-state index < -0.39 is 5.82 Å². The molecule has 0 spiro atoms. The van der Waals surface area contributed by atoms with Crippen LogP contribution in [0.4, 0.5) is 4.39 Å². The number of hydrogen-bond acceptors (Lipinski definition) is 5.